The van der Waals surface area contributed by atoms with Crippen LogP contribution in [0.2, 0.25) is 0 Å². The Bertz CT molecular complexity index is 465. The molecule has 16 heavy (non-hydrogen) atoms. The van der Waals surface area contributed by atoms with Crippen LogP contribution in [0.5, 0.6) is 5.75 Å². The summed E-state index contributed by atoms with van der Waals surface area (Å²) in [6, 6.07) is 9.46. The fraction of sp³-hybridized carbons (Fsp3) is 0.250. The number of hydrogen-bond acceptors (Lipinski definition) is 3. The summed E-state index contributed by atoms with van der Waals surface area (Å²) in [7, 11) is 0. The van der Waals surface area contributed by atoms with E-state index in [2.05, 4.69) is 5.10 Å². The molecule has 0 fully saturated rings. The minimum absolute atomic E-state index is 0.565. The molecule has 0 aliphatic rings. The van der Waals surface area contributed by atoms with E-state index in [4.69, 9.17) is 10.5 Å². The normalized spacial score (nSPS) is 10.3. The standard InChI is InChI=1S/C12H15N3O/c1-10-6-7-15(14-10)8-9-16-12-5-3-2-4-11(12)13/h2-7H,8-9,13H2,1H3. The average molecular weight is 217 g/mol. The molecule has 0 amide bonds. The van der Waals surface area contributed by atoms with Gasteiger partial charge in [-0.15, -0.1) is 0 Å². The van der Waals surface area contributed by atoms with Crippen LogP contribution >= 0.6 is 0 Å². The Hall–Kier alpha value is -1.97. The molecule has 0 aliphatic carbocycles. The van der Waals surface area contributed by atoms with Crippen molar-refractivity contribution >= 4 is 5.69 Å². The molecule has 1 aromatic carbocycles. The van der Waals surface area contributed by atoms with E-state index >= 15 is 0 Å². The molecule has 0 atom stereocenters. The number of nitrogens with two attached hydrogens (primary N) is 1. The molecule has 0 unspecified atom stereocenters. The number of aryl methyl sites for hydroxylation is 1. The zero-order valence-electron chi connectivity index (χ0n) is 9.26. The van der Waals surface area contributed by atoms with Crippen LogP contribution in [0.3, 0.4) is 0 Å². The molecule has 0 saturated carbocycles. The summed E-state index contributed by atoms with van der Waals surface area (Å²) in [5, 5.41) is 4.27. The van der Waals surface area contributed by atoms with Crippen molar-refractivity contribution < 1.29 is 4.74 Å². The van der Waals surface area contributed by atoms with Crippen LogP contribution in [0, 0.1) is 6.92 Å². The lowest BCUT2D eigenvalue weighted by atomic mass is 10.3. The zero-order chi connectivity index (χ0) is 11.4. The molecule has 2 N–H and O–H groups in total. The molecule has 1 aromatic heterocycles. The monoisotopic (exact) mass is 217 g/mol. The second-order valence-corrected chi connectivity index (χ2v) is 3.61. The molecule has 84 valence electrons. The van der Waals surface area contributed by atoms with Crippen LogP contribution < -0.4 is 10.5 Å². The highest BCUT2D eigenvalue weighted by Gasteiger charge is 1.99. The zero-order valence-corrected chi connectivity index (χ0v) is 9.26. The van der Waals surface area contributed by atoms with Crippen LogP contribution in [0.1, 0.15) is 5.69 Å². The van der Waals surface area contributed by atoms with Gasteiger partial charge >= 0.3 is 0 Å². The van der Waals surface area contributed by atoms with Gasteiger partial charge in [0.15, 0.2) is 0 Å². The molecule has 0 spiro atoms. The second-order valence-electron chi connectivity index (χ2n) is 3.61. The van der Waals surface area contributed by atoms with Gasteiger partial charge in [-0.3, -0.25) is 4.68 Å². The molecule has 0 saturated heterocycles. The van der Waals surface area contributed by atoms with Crippen molar-refractivity contribution in [1.29, 1.82) is 0 Å². The van der Waals surface area contributed by atoms with E-state index < -0.39 is 0 Å². The fourth-order valence-electron chi connectivity index (χ4n) is 1.45. The van der Waals surface area contributed by atoms with E-state index in [1.807, 2.05) is 48.1 Å². The SMILES string of the molecule is Cc1ccn(CCOc2ccccc2N)n1. The number of nitrogen functional groups attached to an aromatic ring is 1. The van der Waals surface area contributed by atoms with Gasteiger partial charge in [0.2, 0.25) is 0 Å². The summed E-state index contributed by atoms with van der Waals surface area (Å²) >= 11 is 0. The van der Waals surface area contributed by atoms with Gasteiger partial charge in [0.25, 0.3) is 0 Å². The van der Waals surface area contributed by atoms with E-state index in [1.165, 1.54) is 0 Å². The molecule has 0 radical (unpaired) electrons. The Morgan fingerprint density at radius 2 is 2.12 bits per heavy atom. The van der Waals surface area contributed by atoms with E-state index in [9.17, 15) is 0 Å². The van der Waals surface area contributed by atoms with Crippen LogP contribution in [-0.4, -0.2) is 16.4 Å². The van der Waals surface area contributed by atoms with Gasteiger partial charge in [0, 0.05) is 6.20 Å². The predicted octanol–water partition coefficient (Wildman–Crippen LogP) is 1.85. The number of anilines is 1. The maximum Gasteiger partial charge on any atom is 0.142 e. The first-order valence-electron chi connectivity index (χ1n) is 5.23. The number of rotatable bonds is 4. The predicted molar refractivity (Wildman–Crippen MR) is 63.3 cm³/mol. The van der Waals surface area contributed by atoms with Gasteiger partial charge in [-0.2, -0.15) is 5.10 Å². The van der Waals surface area contributed by atoms with Gasteiger partial charge in [0.05, 0.1) is 17.9 Å². The number of hydrogen-bond donors (Lipinski definition) is 1. The minimum atomic E-state index is 0.565. The third-order valence-corrected chi connectivity index (χ3v) is 2.27. The molecule has 2 rings (SSSR count). The smallest absolute Gasteiger partial charge is 0.142 e. The van der Waals surface area contributed by atoms with E-state index in [-0.39, 0.29) is 0 Å². The van der Waals surface area contributed by atoms with Crippen molar-refractivity contribution in [3.63, 3.8) is 0 Å². The highest BCUT2D eigenvalue weighted by atomic mass is 16.5. The van der Waals surface area contributed by atoms with Gasteiger partial charge in [-0.1, -0.05) is 12.1 Å². The van der Waals surface area contributed by atoms with Crippen molar-refractivity contribution in [3.05, 3.63) is 42.2 Å². The quantitative estimate of drug-likeness (QED) is 0.795. The van der Waals surface area contributed by atoms with Crippen molar-refractivity contribution in [2.24, 2.45) is 0 Å². The van der Waals surface area contributed by atoms with Crippen LogP contribution in [0.4, 0.5) is 5.69 Å². The van der Waals surface area contributed by atoms with Gasteiger partial charge in [-0.05, 0) is 25.1 Å². The maximum absolute atomic E-state index is 5.76. The Morgan fingerprint density at radius 1 is 1.31 bits per heavy atom. The third kappa shape index (κ3) is 2.53. The summed E-state index contributed by atoms with van der Waals surface area (Å²) in [5.41, 5.74) is 7.44. The maximum atomic E-state index is 5.76. The second kappa shape index (κ2) is 4.70. The average Bonchev–Trinajstić information content (AvgIpc) is 2.67. The first kappa shape index (κ1) is 10.5. The summed E-state index contributed by atoms with van der Waals surface area (Å²) in [5.74, 6) is 0.728. The lowest BCUT2D eigenvalue weighted by molar-refractivity contribution is 0.292. The van der Waals surface area contributed by atoms with Crippen LogP contribution in [0.15, 0.2) is 36.5 Å². The highest BCUT2D eigenvalue weighted by molar-refractivity contribution is 5.51. The van der Waals surface area contributed by atoms with Crippen LogP contribution in [-0.2, 0) is 6.54 Å². The number of benzene rings is 1. The van der Waals surface area contributed by atoms with E-state index in [1.54, 1.807) is 0 Å². The Morgan fingerprint density at radius 3 is 2.81 bits per heavy atom. The molecule has 2 aromatic rings. The summed E-state index contributed by atoms with van der Waals surface area (Å²) in [6.45, 7) is 3.25. The van der Waals surface area contributed by atoms with Gasteiger partial charge < -0.3 is 10.5 Å². The minimum Gasteiger partial charge on any atom is -0.490 e. The summed E-state index contributed by atoms with van der Waals surface area (Å²) < 4.78 is 7.42. The van der Waals surface area contributed by atoms with Crippen molar-refractivity contribution in [2.75, 3.05) is 12.3 Å². The van der Waals surface area contributed by atoms with Crippen LogP contribution in [0.25, 0.3) is 0 Å². The van der Waals surface area contributed by atoms with Crippen molar-refractivity contribution in [1.82, 2.24) is 9.78 Å². The first-order valence-corrected chi connectivity index (χ1v) is 5.23. The number of para-hydroxylation sites is 2. The summed E-state index contributed by atoms with van der Waals surface area (Å²) in [6.07, 6.45) is 1.94. The Balaban J connectivity index is 1.87. The van der Waals surface area contributed by atoms with Gasteiger partial charge in [0.1, 0.15) is 12.4 Å². The van der Waals surface area contributed by atoms with E-state index in [0.29, 0.717) is 12.3 Å². The third-order valence-electron chi connectivity index (χ3n) is 2.27. The largest absolute Gasteiger partial charge is 0.490 e. The first-order chi connectivity index (χ1) is 7.75. The molecular formula is C12H15N3O. The number of nitrogens with zero attached hydrogens (tertiary/aromatic N) is 2. The topological polar surface area (TPSA) is 53.1 Å². The Kier molecular flexibility index (Phi) is 3.10. The lowest BCUT2D eigenvalue weighted by Crippen LogP contribution is -2.09. The molecule has 4 nitrogen and oxygen atoms in total. The van der Waals surface area contributed by atoms with Crippen molar-refractivity contribution in [3.8, 4) is 5.75 Å². The van der Waals surface area contributed by atoms with Crippen molar-refractivity contribution in [2.45, 2.75) is 13.5 Å². The lowest BCUT2D eigenvalue weighted by Gasteiger charge is -2.08. The molecular weight excluding hydrogens is 202 g/mol. The Labute approximate surface area is 94.6 Å². The summed E-state index contributed by atoms with van der Waals surface area (Å²) in [4.78, 5) is 0. The van der Waals surface area contributed by atoms with Gasteiger partial charge in [-0.25, -0.2) is 0 Å². The number of ether oxygens (including phenoxy) is 1. The highest BCUT2D eigenvalue weighted by Crippen LogP contribution is 2.19. The molecule has 1 heterocycles. The fourth-order valence-corrected chi connectivity index (χ4v) is 1.45. The van der Waals surface area contributed by atoms with E-state index in [0.717, 1.165) is 18.0 Å². The number of aromatic nitrogens is 2. The molecule has 4 heteroatoms. The molecule has 0 bridgehead atoms. The molecule has 0 aliphatic heterocycles.